The van der Waals surface area contributed by atoms with Gasteiger partial charge in [-0.05, 0) is 18.2 Å². The Morgan fingerprint density at radius 3 is 2.69 bits per heavy atom. The van der Waals surface area contributed by atoms with Crippen molar-refractivity contribution in [2.75, 3.05) is 7.11 Å². The molecule has 6 heteroatoms. The van der Waals surface area contributed by atoms with Crippen LogP contribution in [-0.2, 0) is 14.9 Å². The van der Waals surface area contributed by atoms with E-state index in [2.05, 4.69) is 20.8 Å². The summed E-state index contributed by atoms with van der Waals surface area (Å²) in [6.45, 7) is 0. The molecule has 0 spiro atoms. The van der Waals surface area contributed by atoms with Crippen LogP contribution in [0.4, 0.5) is 0 Å². The first-order valence-electron chi connectivity index (χ1n) is 3.36. The fourth-order valence-electron chi connectivity index (χ4n) is 0.792. The minimum absolute atomic E-state index is 0.156. The first kappa shape index (κ1) is 10.6. The van der Waals surface area contributed by atoms with E-state index >= 15 is 0 Å². The molecule has 0 fully saturated rings. The first-order valence-corrected chi connectivity index (χ1v) is 5.64. The summed E-state index contributed by atoms with van der Waals surface area (Å²) in [5.41, 5.74) is 0. The molecule has 13 heavy (non-hydrogen) atoms. The second kappa shape index (κ2) is 4.19. The molecule has 0 amide bonds. The number of benzene rings is 1. The molecule has 72 valence electrons. The van der Waals surface area contributed by atoms with Crippen LogP contribution in [0.1, 0.15) is 0 Å². The maximum absolute atomic E-state index is 11.3. The lowest BCUT2D eigenvalue weighted by molar-refractivity contribution is 0.153. The maximum atomic E-state index is 11.3. The van der Waals surface area contributed by atoms with Crippen molar-refractivity contribution in [3.05, 3.63) is 28.7 Å². The van der Waals surface area contributed by atoms with Crippen molar-refractivity contribution < 1.29 is 13.3 Å². The number of nitrogens with one attached hydrogen (secondary N) is 1. The lowest BCUT2D eigenvalue weighted by atomic mass is 10.4. The molecular formula is C7H8BrNO3S. The Morgan fingerprint density at radius 2 is 2.15 bits per heavy atom. The number of halogens is 1. The lowest BCUT2D eigenvalue weighted by Gasteiger charge is -2.03. The van der Waals surface area contributed by atoms with Crippen molar-refractivity contribution in [3.63, 3.8) is 0 Å². The Balaban J connectivity index is 3.08. The van der Waals surface area contributed by atoms with Gasteiger partial charge in [-0.2, -0.15) is 0 Å². The van der Waals surface area contributed by atoms with Gasteiger partial charge in [-0.1, -0.05) is 26.9 Å². The summed E-state index contributed by atoms with van der Waals surface area (Å²) in [6, 6.07) is 6.34. The van der Waals surface area contributed by atoms with Crippen molar-refractivity contribution in [3.8, 4) is 0 Å². The van der Waals surface area contributed by atoms with Crippen molar-refractivity contribution in [2.24, 2.45) is 0 Å². The summed E-state index contributed by atoms with van der Waals surface area (Å²) < 4.78 is 23.4. The van der Waals surface area contributed by atoms with Crippen LogP contribution in [0.15, 0.2) is 33.6 Å². The standard InChI is InChI=1S/C7H8BrNO3S/c1-12-9-13(10,11)7-4-2-3-6(8)5-7/h2-5,9H,1H3. The van der Waals surface area contributed by atoms with E-state index in [-0.39, 0.29) is 4.90 Å². The molecule has 0 heterocycles. The summed E-state index contributed by atoms with van der Waals surface area (Å²) in [6.07, 6.45) is 0. The Morgan fingerprint density at radius 1 is 1.46 bits per heavy atom. The molecule has 1 aromatic carbocycles. The van der Waals surface area contributed by atoms with Crippen molar-refractivity contribution in [1.82, 2.24) is 4.89 Å². The molecule has 0 saturated carbocycles. The number of hydrogen-bond acceptors (Lipinski definition) is 3. The van der Waals surface area contributed by atoms with Crippen LogP contribution in [0.2, 0.25) is 0 Å². The van der Waals surface area contributed by atoms with E-state index in [1.54, 1.807) is 12.1 Å². The minimum atomic E-state index is -3.54. The van der Waals surface area contributed by atoms with E-state index < -0.39 is 10.0 Å². The van der Waals surface area contributed by atoms with E-state index in [4.69, 9.17) is 0 Å². The zero-order valence-corrected chi connectivity index (χ0v) is 9.22. The highest BCUT2D eigenvalue weighted by molar-refractivity contribution is 9.10. The Hall–Kier alpha value is -0.430. The van der Waals surface area contributed by atoms with Gasteiger partial charge in [-0.3, -0.25) is 4.84 Å². The van der Waals surface area contributed by atoms with Gasteiger partial charge in [0.1, 0.15) is 0 Å². The highest BCUT2D eigenvalue weighted by atomic mass is 79.9. The molecule has 0 radical (unpaired) electrons. The topological polar surface area (TPSA) is 55.4 Å². The average molecular weight is 266 g/mol. The molecule has 0 atom stereocenters. The summed E-state index contributed by atoms with van der Waals surface area (Å²) in [4.78, 5) is 6.42. The molecule has 0 unspecified atom stereocenters. The third-order valence-electron chi connectivity index (χ3n) is 1.30. The molecule has 0 aliphatic carbocycles. The van der Waals surface area contributed by atoms with Crippen molar-refractivity contribution in [1.29, 1.82) is 0 Å². The predicted octanol–water partition coefficient (Wildman–Crippen LogP) is 1.29. The molecule has 1 aromatic rings. The molecule has 0 aromatic heterocycles. The largest absolute Gasteiger partial charge is 0.290 e. The predicted molar refractivity (Wildman–Crippen MR) is 51.5 cm³/mol. The minimum Gasteiger partial charge on any atom is -0.290 e. The van der Waals surface area contributed by atoms with Crippen molar-refractivity contribution in [2.45, 2.75) is 4.90 Å². The molecule has 0 aliphatic heterocycles. The zero-order valence-electron chi connectivity index (χ0n) is 6.82. The fraction of sp³-hybridized carbons (Fsp3) is 0.143. The summed E-state index contributed by atoms with van der Waals surface area (Å²) >= 11 is 3.17. The Bertz CT molecular complexity index is 390. The second-order valence-electron chi connectivity index (χ2n) is 2.25. The molecule has 0 saturated heterocycles. The average Bonchev–Trinajstić information content (AvgIpc) is 2.04. The van der Waals surface area contributed by atoms with Crippen LogP contribution in [-0.4, -0.2) is 15.5 Å². The van der Waals surface area contributed by atoms with E-state index in [1.807, 2.05) is 4.89 Å². The number of rotatable bonds is 3. The smallest absolute Gasteiger partial charge is 0.262 e. The summed E-state index contributed by atoms with van der Waals surface area (Å²) in [7, 11) is -2.29. The van der Waals surface area contributed by atoms with Gasteiger partial charge >= 0.3 is 0 Å². The number of sulfonamides is 1. The summed E-state index contributed by atoms with van der Waals surface area (Å²) in [5, 5.41) is 0. The molecule has 1 rings (SSSR count). The molecule has 4 nitrogen and oxygen atoms in total. The van der Waals surface area contributed by atoms with Gasteiger partial charge in [-0.15, -0.1) is 0 Å². The van der Waals surface area contributed by atoms with Crippen molar-refractivity contribution >= 4 is 26.0 Å². The van der Waals surface area contributed by atoms with Gasteiger partial charge < -0.3 is 0 Å². The first-order chi connectivity index (χ1) is 6.06. The number of hydrogen-bond donors (Lipinski definition) is 1. The van der Waals surface area contributed by atoms with Crippen LogP contribution < -0.4 is 4.89 Å². The normalized spacial score (nSPS) is 11.5. The maximum Gasteiger partial charge on any atom is 0.262 e. The monoisotopic (exact) mass is 265 g/mol. The Kier molecular flexibility index (Phi) is 3.43. The highest BCUT2D eigenvalue weighted by Crippen LogP contribution is 2.15. The van der Waals surface area contributed by atoms with Gasteiger partial charge in [0, 0.05) is 4.47 Å². The molecule has 0 bridgehead atoms. The van der Waals surface area contributed by atoms with Crippen LogP contribution >= 0.6 is 15.9 Å². The fourth-order valence-corrected chi connectivity index (χ4v) is 2.20. The lowest BCUT2D eigenvalue weighted by Crippen LogP contribution is -2.22. The van der Waals surface area contributed by atoms with Crippen LogP contribution in [0.3, 0.4) is 0 Å². The quantitative estimate of drug-likeness (QED) is 0.839. The van der Waals surface area contributed by atoms with Crippen LogP contribution in [0, 0.1) is 0 Å². The molecule has 1 N–H and O–H groups in total. The van der Waals surface area contributed by atoms with Crippen LogP contribution in [0.25, 0.3) is 0 Å². The third kappa shape index (κ3) is 2.77. The highest BCUT2D eigenvalue weighted by Gasteiger charge is 2.12. The summed E-state index contributed by atoms with van der Waals surface area (Å²) in [5.74, 6) is 0. The van der Waals surface area contributed by atoms with E-state index in [9.17, 15) is 8.42 Å². The Labute approximate surface area is 85.0 Å². The molecular weight excluding hydrogens is 258 g/mol. The van der Waals surface area contributed by atoms with Gasteiger partial charge in [0.05, 0.1) is 12.0 Å². The van der Waals surface area contributed by atoms with Crippen LogP contribution in [0.5, 0.6) is 0 Å². The second-order valence-corrected chi connectivity index (χ2v) is 4.81. The van der Waals surface area contributed by atoms with Gasteiger partial charge in [0.15, 0.2) is 0 Å². The SMILES string of the molecule is CONS(=O)(=O)c1cccc(Br)c1. The molecule has 0 aliphatic rings. The zero-order chi connectivity index (χ0) is 9.90. The van der Waals surface area contributed by atoms with E-state index in [0.29, 0.717) is 4.47 Å². The van der Waals surface area contributed by atoms with E-state index in [0.717, 1.165) is 0 Å². The van der Waals surface area contributed by atoms with E-state index in [1.165, 1.54) is 19.2 Å². The van der Waals surface area contributed by atoms with Gasteiger partial charge in [0.25, 0.3) is 10.0 Å². The third-order valence-corrected chi connectivity index (χ3v) is 3.05. The van der Waals surface area contributed by atoms with Gasteiger partial charge in [0.2, 0.25) is 0 Å². The van der Waals surface area contributed by atoms with Gasteiger partial charge in [-0.25, -0.2) is 8.42 Å².